The van der Waals surface area contributed by atoms with E-state index in [0.717, 1.165) is 9.37 Å². The zero-order chi connectivity index (χ0) is 9.68. The Morgan fingerprint density at radius 1 is 1.46 bits per heavy atom. The van der Waals surface area contributed by atoms with Crippen molar-refractivity contribution >= 4 is 33.7 Å². The van der Waals surface area contributed by atoms with Gasteiger partial charge in [-0.15, -0.1) is 0 Å². The van der Waals surface area contributed by atoms with Gasteiger partial charge in [0.1, 0.15) is 5.94 Å². The Kier molecular flexibility index (Phi) is 4.32. The third kappa shape index (κ3) is 4.33. The van der Waals surface area contributed by atoms with E-state index in [9.17, 15) is 4.79 Å². The van der Waals surface area contributed by atoms with Gasteiger partial charge in [0, 0.05) is 16.3 Å². The van der Waals surface area contributed by atoms with Gasteiger partial charge in [-0.2, -0.15) is 0 Å². The summed E-state index contributed by atoms with van der Waals surface area (Å²) in [6.45, 7) is 1.40. The van der Waals surface area contributed by atoms with Gasteiger partial charge >= 0.3 is 5.97 Å². The largest absolute Gasteiger partial charge is 0.454 e. The Bertz CT molecular complexity index is 284. The van der Waals surface area contributed by atoms with Crippen LogP contribution in [0.5, 0.6) is 0 Å². The molecule has 0 saturated carbocycles. The average molecular weight is 261 g/mol. The van der Waals surface area contributed by atoms with Crippen molar-refractivity contribution in [1.82, 2.24) is 0 Å². The van der Waals surface area contributed by atoms with Gasteiger partial charge in [0.2, 0.25) is 0 Å². The Balaban J connectivity index is 2.37. The first-order valence-corrected chi connectivity index (χ1v) is 5.48. The van der Waals surface area contributed by atoms with E-state index in [2.05, 4.69) is 15.9 Å². The second-order valence-corrected chi connectivity index (χ2v) is 4.26. The zero-order valence-corrected chi connectivity index (χ0v) is 9.52. The smallest absolute Gasteiger partial charge is 0.303 e. The number of hydrogen-bond acceptors (Lipinski definition) is 3. The highest BCUT2D eigenvalue weighted by molar-refractivity contribution is 9.10. The highest BCUT2D eigenvalue weighted by atomic mass is 79.9. The predicted molar refractivity (Wildman–Crippen MR) is 56.6 cm³/mol. The second-order valence-electron chi connectivity index (χ2n) is 2.35. The summed E-state index contributed by atoms with van der Waals surface area (Å²) in [5.74, 6) is 0.126. The lowest BCUT2D eigenvalue weighted by Crippen LogP contribution is -1.96. The normalized spacial score (nSPS) is 9.69. The molecule has 0 saturated heterocycles. The molecule has 0 amide bonds. The molecule has 0 aliphatic rings. The van der Waals surface area contributed by atoms with Gasteiger partial charge in [-0.25, -0.2) is 0 Å². The van der Waals surface area contributed by atoms with Gasteiger partial charge in [0.15, 0.2) is 0 Å². The summed E-state index contributed by atoms with van der Waals surface area (Å²) in [6, 6.07) is 7.85. The molecule has 0 aliphatic heterocycles. The number of hydrogen-bond donors (Lipinski definition) is 0. The Morgan fingerprint density at radius 2 is 2.08 bits per heavy atom. The average Bonchev–Trinajstić information content (AvgIpc) is 2.08. The molecule has 0 atom stereocenters. The first-order valence-electron chi connectivity index (χ1n) is 3.70. The maximum Gasteiger partial charge on any atom is 0.303 e. The van der Waals surface area contributed by atoms with Gasteiger partial charge in [-0.05, 0) is 24.3 Å². The third-order valence-corrected chi connectivity index (χ3v) is 2.67. The van der Waals surface area contributed by atoms with E-state index >= 15 is 0 Å². The van der Waals surface area contributed by atoms with Gasteiger partial charge in [-0.3, -0.25) is 4.79 Å². The molecular weight excluding hydrogens is 252 g/mol. The van der Waals surface area contributed by atoms with Gasteiger partial charge < -0.3 is 4.74 Å². The molecule has 0 spiro atoms. The predicted octanol–water partition coefficient (Wildman–Crippen LogP) is 3.06. The molecule has 0 heterocycles. The van der Waals surface area contributed by atoms with E-state index < -0.39 is 0 Å². The Morgan fingerprint density at radius 3 is 2.62 bits per heavy atom. The number of carbonyl (C=O) groups excluding carboxylic acids is 1. The molecule has 2 nitrogen and oxygen atoms in total. The number of rotatable bonds is 3. The number of halogens is 1. The molecule has 0 aliphatic carbocycles. The van der Waals surface area contributed by atoms with Crippen molar-refractivity contribution in [2.24, 2.45) is 0 Å². The van der Waals surface area contributed by atoms with Crippen molar-refractivity contribution in [3.05, 3.63) is 28.7 Å². The van der Waals surface area contributed by atoms with Crippen LogP contribution >= 0.6 is 27.7 Å². The van der Waals surface area contributed by atoms with Crippen LogP contribution in [0.25, 0.3) is 0 Å². The van der Waals surface area contributed by atoms with E-state index in [0.29, 0.717) is 5.94 Å². The Hall–Kier alpha value is -0.480. The standard InChI is InChI=1S/C9H9BrO2S/c1-7(11)12-6-13-9-4-2-8(10)3-5-9/h2-5H,6H2,1H3. The lowest BCUT2D eigenvalue weighted by atomic mass is 10.4. The quantitative estimate of drug-likeness (QED) is 0.475. The van der Waals surface area contributed by atoms with Crippen LogP contribution in [0.1, 0.15) is 6.92 Å². The van der Waals surface area contributed by atoms with Crippen LogP contribution in [0.4, 0.5) is 0 Å². The van der Waals surface area contributed by atoms with E-state index in [1.807, 2.05) is 24.3 Å². The van der Waals surface area contributed by atoms with E-state index in [4.69, 9.17) is 4.74 Å². The minimum absolute atomic E-state index is 0.246. The molecule has 0 unspecified atom stereocenters. The number of thioether (sulfide) groups is 1. The van der Waals surface area contributed by atoms with Crippen molar-refractivity contribution in [1.29, 1.82) is 0 Å². The molecule has 0 N–H and O–H groups in total. The molecular formula is C9H9BrO2S. The minimum Gasteiger partial charge on any atom is -0.454 e. The van der Waals surface area contributed by atoms with Crippen LogP contribution in [-0.4, -0.2) is 11.9 Å². The second kappa shape index (κ2) is 5.29. The summed E-state index contributed by atoms with van der Waals surface area (Å²) in [7, 11) is 0. The van der Waals surface area contributed by atoms with Gasteiger partial charge in [0.05, 0.1) is 0 Å². The molecule has 0 fully saturated rings. The first kappa shape index (κ1) is 10.6. The SMILES string of the molecule is CC(=O)OCSc1ccc(Br)cc1. The maximum atomic E-state index is 10.4. The van der Waals surface area contributed by atoms with Crippen molar-refractivity contribution in [2.45, 2.75) is 11.8 Å². The van der Waals surface area contributed by atoms with E-state index in [1.165, 1.54) is 18.7 Å². The lowest BCUT2D eigenvalue weighted by Gasteiger charge is -2.01. The molecule has 1 aromatic carbocycles. The minimum atomic E-state index is -0.246. The number of carbonyl (C=O) groups is 1. The molecule has 70 valence electrons. The summed E-state index contributed by atoms with van der Waals surface area (Å²) >= 11 is 4.84. The molecule has 0 bridgehead atoms. The van der Waals surface area contributed by atoms with Crippen LogP contribution in [0.15, 0.2) is 33.6 Å². The fourth-order valence-corrected chi connectivity index (χ4v) is 1.67. The van der Waals surface area contributed by atoms with Crippen LogP contribution in [0.3, 0.4) is 0 Å². The van der Waals surface area contributed by atoms with Crippen molar-refractivity contribution in [3.63, 3.8) is 0 Å². The summed E-state index contributed by atoms with van der Waals surface area (Å²) in [5.41, 5.74) is 0. The summed E-state index contributed by atoms with van der Waals surface area (Å²) in [4.78, 5) is 11.5. The number of esters is 1. The van der Waals surface area contributed by atoms with Crippen molar-refractivity contribution < 1.29 is 9.53 Å². The zero-order valence-electron chi connectivity index (χ0n) is 7.12. The van der Waals surface area contributed by atoms with Crippen LogP contribution < -0.4 is 0 Å². The molecule has 0 aromatic heterocycles. The lowest BCUT2D eigenvalue weighted by molar-refractivity contribution is -0.138. The monoisotopic (exact) mass is 260 g/mol. The molecule has 13 heavy (non-hydrogen) atoms. The summed E-state index contributed by atoms with van der Waals surface area (Å²) < 4.78 is 5.83. The first-order chi connectivity index (χ1) is 6.18. The Labute approximate surface area is 89.8 Å². The highest BCUT2D eigenvalue weighted by Crippen LogP contribution is 2.20. The fraction of sp³-hybridized carbons (Fsp3) is 0.222. The maximum absolute atomic E-state index is 10.4. The number of ether oxygens (including phenoxy) is 1. The van der Waals surface area contributed by atoms with Gasteiger partial charge in [0.25, 0.3) is 0 Å². The number of benzene rings is 1. The highest BCUT2D eigenvalue weighted by Gasteiger charge is 1.95. The molecule has 4 heteroatoms. The summed E-state index contributed by atoms with van der Waals surface area (Å²) in [5, 5.41) is 0. The van der Waals surface area contributed by atoms with E-state index in [1.54, 1.807) is 0 Å². The van der Waals surface area contributed by atoms with Gasteiger partial charge in [-0.1, -0.05) is 27.7 Å². The summed E-state index contributed by atoms with van der Waals surface area (Å²) in [6.07, 6.45) is 0. The van der Waals surface area contributed by atoms with Crippen LogP contribution in [0, 0.1) is 0 Å². The van der Waals surface area contributed by atoms with Crippen LogP contribution in [0.2, 0.25) is 0 Å². The van der Waals surface area contributed by atoms with Crippen molar-refractivity contribution in [2.75, 3.05) is 5.94 Å². The van der Waals surface area contributed by atoms with Crippen molar-refractivity contribution in [3.8, 4) is 0 Å². The molecule has 1 rings (SSSR count). The fourth-order valence-electron chi connectivity index (χ4n) is 0.711. The molecule has 1 aromatic rings. The van der Waals surface area contributed by atoms with E-state index in [-0.39, 0.29) is 5.97 Å². The van der Waals surface area contributed by atoms with Crippen LogP contribution in [-0.2, 0) is 9.53 Å². The molecule has 0 radical (unpaired) electrons. The topological polar surface area (TPSA) is 26.3 Å². The third-order valence-electron chi connectivity index (χ3n) is 1.30.